The Bertz CT molecular complexity index is 425. The second kappa shape index (κ2) is 6.15. The highest BCUT2D eigenvalue weighted by Gasteiger charge is 2.21. The first-order valence-electron chi connectivity index (χ1n) is 5.31. The zero-order valence-electron chi connectivity index (χ0n) is 10.1. The van der Waals surface area contributed by atoms with Crippen LogP contribution < -0.4 is 5.32 Å². The Morgan fingerprint density at radius 2 is 2.35 bits per heavy atom. The van der Waals surface area contributed by atoms with Gasteiger partial charge in [-0.2, -0.15) is 5.26 Å². The highest BCUT2D eigenvalue weighted by Crippen LogP contribution is 2.17. The summed E-state index contributed by atoms with van der Waals surface area (Å²) in [5.74, 6) is -0.200. The van der Waals surface area contributed by atoms with Gasteiger partial charge in [0, 0.05) is 19.6 Å². The molecule has 1 rings (SSSR count). The minimum Gasteiger partial charge on any atom is -0.360 e. The van der Waals surface area contributed by atoms with Gasteiger partial charge in [-0.05, 0) is 13.8 Å². The Balaban J connectivity index is 2.71. The summed E-state index contributed by atoms with van der Waals surface area (Å²) in [6.07, 6.45) is 0.307. The van der Waals surface area contributed by atoms with Gasteiger partial charge in [0.2, 0.25) is 10.1 Å². The quantitative estimate of drug-likeness (QED) is 0.856. The van der Waals surface area contributed by atoms with Crippen LogP contribution >= 0.6 is 11.3 Å². The number of carbonyl (C=O) groups is 1. The van der Waals surface area contributed by atoms with Crippen molar-refractivity contribution in [3.63, 3.8) is 0 Å². The van der Waals surface area contributed by atoms with Crippen LogP contribution in [-0.2, 0) is 0 Å². The molecule has 1 amide bonds. The van der Waals surface area contributed by atoms with E-state index in [1.165, 1.54) is 16.2 Å². The number of aromatic nitrogens is 2. The molecule has 1 aromatic heterocycles. The molecule has 0 aliphatic heterocycles. The first-order chi connectivity index (χ1) is 8.10. The van der Waals surface area contributed by atoms with Crippen LogP contribution in [0.3, 0.4) is 0 Å². The molecule has 0 spiro atoms. The standard InChI is InChI=1S/C10H15N5OS/c1-4-12-10-14-13-8(17-10)9(16)15(3)7(2)5-6-11/h7H,4-5H2,1-3H3,(H,12,14). The molecule has 0 aromatic carbocycles. The number of anilines is 1. The van der Waals surface area contributed by atoms with Crippen molar-refractivity contribution in [2.75, 3.05) is 18.9 Å². The van der Waals surface area contributed by atoms with Crippen molar-refractivity contribution in [3.05, 3.63) is 5.01 Å². The van der Waals surface area contributed by atoms with Crippen molar-refractivity contribution < 1.29 is 4.79 Å². The number of amides is 1. The lowest BCUT2D eigenvalue weighted by molar-refractivity contribution is 0.0745. The molecular formula is C10H15N5OS. The van der Waals surface area contributed by atoms with Gasteiger partial charge in [-0.1, -0.05) is 11.3 Å². The first kappa shape index (κ1) is 13.4. The van der Waals surface area contributed by atoms with Gasteiger partial charge >= 0.3 is 0 Å². The second-order valence-corrected chi connectivity index (χ2v) is 4.55. The van der Waals surface area contributed by atoms with Gasteiger partial charge in [-0.25, -0.2) is 0 Å². The average Bonchev–Trinajstić information content (AvgIpc) is 2.76. The van der Waals surface area contributed by atoms with Crippen molar-refractivity contribution >= 4 is 22.4 Å². The summed E-state index contributed by atoms with van der Waals surface area (Å²) in [5.41, 5.74) is 0. The maximum absolute atomic E-state index is 12.0. The lowest BCUT2D eigenvalue weighted by atomic mass is 10.2. The zero-order chi connectivity index (χ0) is 12.8. The Labute approximate surface area is 104 Å². The average molecular weight is 253 g/mol. The fraction of sp³-hybridized carbons (Fsp3) is 0.600. The molecule has 6 nitrogen and oxygen atoms in total. The smallest absolute Gasteiger partial charge is 0.284 e. The van der Waals surface area contributed by atoms with Crippen LogP contribution in [0.4, 0.5) is 5.13 Å². The number of nitrogens with one attached hydrogen (secondary N) is 1. The first-order valence-corrected chi connectivity index (χ1v) is 6.13. The number of hydrogen-bond donors (Lipinski definition) is 1. The number of hydrogen-bond acceptors (Lipinski definition) is 6. The summed E-state index contributed by atoms with van der Waals surface area (Å²) >= 11 is 1.22. The third kappa shape index (κ3) is 3.39. The van der Waals surface area contributed by atoms with Gasteiger partial charge in [0.25, 0.3) is 5.91 Å². The topological polar surface area (TPSA) is 81.9 Å². The van der Waals surface area contributed by atoms with Gasteiger partial charge in [0.15, 0.2) is 0 Å². The van der Waals surface area contributed by atoms with E-state index in [1.807, 2.05) is 19.9 Å². The third-order valence-corrected chi connectivity index (χ3v) is 3.17. The van der Waals surface area contributed by atoms with Gasteiger partial charge in [-0.3, -0.25) is 4.79 Å². The lowest BCUT2D eigenvalue weighted by Crippen LogP contribution is -2.34. The maximum atomic E-state index is 12.0. The van der Waals surface area contributed by atoms with Crippen LogP contribution in [-0.4, -0.2) is 40.6 Å². The largest absolute Gasteiger partial charge is 0.360 e. The van der Waals surface area contributed by atoms with E-state index in [9.17, 15) is 4.79 Å². The Hall–Kier alpha value is -1.68. The van der Waals surface area contributed by atoms with Crippen molar-refractivity contribution in [2.24, 2.45) is 0 Å². The molecule has 0 fully saturated rings. The molecule has 1 heterocycles. The van der Waals surface area contributed by atoms with Gasteiger partial charge < -0.3 is 10.2 Å². The minimum absolute atomic E-state index is 0.126. The molecule has 0 aliphatic carbocycles. The highest BCUT2D eigenvalue weighted by molar-refractivity contribution is 7.17. The predicted octanol–water partition coefficient (Wildman–Crippen LogP) is 1.34. The summed E-state index contributed by atoms with van der Waals surface area (Å²) in [6, 6.07) is 1.92. The van der Waals surface area contributed by atoms with Gasteiger partial charge in [0.1, 0.15) is 0 Å². The number of nitrogens with zero attached hydrogens (tertiary/aromatic N) is 4. The van der Waals surface area contributed by atoms with E-state index in [-0.39, 0.29) is 11.9 Å². The molecular weight excluding hydrogens is 238 g/mol. The molecule has 0 saturated carbocycles. The third-order valence-electron chi connectivity index (χ3n) is 2.30. The molecule has 0 saturated heterocycles. The predicted molar refractivity (Wildman–Crippen MR) is 65.9 cm³/mol. The van der Waals surface area contributed by atoms with Crippen LogP contribution in [0.25, 0.3) is 0 Å². The zero-order valence-corrected chi connectivity index (χ0v) is 10.9. The van der Waals surface area contributed by atoms with E-state index in [2.05, 4.69) is 15.5 Å². The molecule has 92 valence electrons. The molecule has 0 radical (unpaired) electrons. The summed E-state index contributed by atoms with van der Waals surface area (Å²) in [6.45, 7) is 4.51. The van der Waals surface area contributed by atoms with Crippen LogP contribution in [0.15, 0.2) is 0 Å². The van der Waals surface area contributed by atoms with Crippen molar-refractivity contribution in [2.45, 2.75) is 26.3 Å². The normalized spacial score (nSPS) is 11.6. The van der Waals surface area contributed by atoms with Crippen molar-refractivity contribution in [1.29, 1.82) is 5.26 Å². The van der Waals surface area contributed by atoms with E-state index >= 15 is 0 Å². The van der Waals surface area contributed by atoms with Crippen molar-refractivity contribution in [3.8, 4) is 6.07 Å². The van der Waals surface area contributed by atoms with E-state index in [4.69, 9.17) is 5.26 Å². The number of nitriles is 1. The van der Waals surface area contributed by atoms with E-state index in [1.54, 1.807) is 7.05 Å². The van der Waals surface area contributed by atoms with Crippen molar-refractivity contribution in [1.82, 2.24) is 15.1 Å². The Morgan fingerprint density at radius 3 is 2.94 bits per heavy atom. The SMILES string of the molecule is CCNc1nnc(C(=O)N(C)C(C)CC#N)s1. The molecule has 0 bridgehead atoms. The fourth-order valence-corrected chi connectivity index (χ4v) is 1.95. The summed E-state index contributed by atoms with van der Waals surface area (Å²) in [4.78, 5) is 13.5. The molecule has 0 aliphatic rings. The van der Waals surface area contributed by atoms with E-state index < -0.39 is 0 Å². The summed E-state index contributed by atoms with van der Waals surface area (Å²) in [7, 11) is 1.67. The van der Waals surface area contributed by atoms with Crippen LogP contribution in [0, 0.1) is 11.3 Å². The molecule has 1 aromatic rings. The van der Waals surface area contributed by atoms with Crippen LogP contribution in [0.5, 0.6) is 0 Å². The summed E-state index contributed by atoms with van der Waals surface area (Å²) in [5, 5.41) is 20.3. The molecule has 17 heavy (non-hydrogen) atoms. The minimum atomic E-state index is -0.200. The Kier molecular flexibility index (Phi) is 4.84. The van der Waals surface area contributed by atoms with Gasteiger partial charge in [0.05, 0.1) is 12.5 Å². The van der Waals surface area contributed by atoms with E-state index in [0.29, 0.717) is 16.6 Å². The molecule has 1 unspecified atom stereocenters. The highest BCUT2D eigenvalue weighted by atomic mass is 32.1. The van der Waals surface area contributed by atoms with E-state index in [0.717, 1.165) is 6.54 Å². The summed E-state index contributed by atoms with van der Waals surface area (Å²) < 4.78 is 0. The monoisotopic (exact) mass is 253 g/mol. The second-order valence-electron chi connectivity index (χ2n) is 3.57. The van der Waals surface area contributed by atoms with Gasteiger partial charge in [-0.15, -0.1) is 10.2 Å². The molecule has 1 atom stereocenters. The molecule has 1 N–H and O–H groups in total. The molecule has 7 heteroatoms. The van der Waals surface area contributed by atoms with Crippen LogP contribution in [0.2, 0.25) is 0 Å². The maximum Gasteiger partial charge on any atom is 0.284 e. The van der Waals surface area contributed by atoms with Crippen LogP contribution in [0.1, 0.15) is 30.1 Å². The lowest BCUT2D eigenvalue weighted by Gasteiger charge is -2.21. The number of rotatable bonds is 5. The number of carbonyl (C=O) groups excluding carboxylic acids is 1. The fourth-order valence-electron chi connectivity index (χ4n) is 1.15. The Morgan fingerprint density at radius 1 is 1.65 bits per heavy atom.